The van der Waals surface area contributed by atoms with E-state index in [2.05, 4.69) is 0 Å². The summed E-state index contributed by atoms with van der Waals surface area (Å²) in [5, 5.41) is 33.2. The molecule has 9 heteroatoms. The van der Waals surface area contributed by atoms with Crippen LogP contribution in [0.2, 0.25) is 0 Å². The summed E-state index contributed by atoms with van der Waals surface area (Å²) < 4.78 is 17.9. The number of cyclic esters (lactones) is 1. The molecule has 2 heterocycles. The molecule has 3 N–H and O–H groups in total. The third kappa shape index (κ3) is 7.61. The van der Waals surface area contributed by atoms with Crippen LogP contribution in [0.25, 0.3) is 0 Å². The molecule has 37 heavy (non-hydrogen) atoms. The average molecular weight is 528 g/mol. The Morgan fingerprint density at radius 3 is 2.19 bits per heavy atom. The van der Waals surface area contributed by atoms with Gasteiger partial charge in [0, 0.05) is 17.9 Å². The van der Waals surface area contributed by atoms with Crippen molar-refractivity contribution < 1.29 is 39.1 Å². The highest BCUT2D eigenvalue weighted by molar-refractivity contribution is 5.96. The number of hydrogen-bond donors (Lipinski definition) is 3. The molecule has 9 nitrogen and oxygen atoms in total. The first-order chi connectivity index (χ1) is 17.0. The maximum absolute atomic E-state index is 13.2. The minimum Gasteiger partial charge on any atom is -0.459 e. The Bertz CT molecular complexity index is 827. The second-order valence-electron chi connectivity index (χ2n) is 11.9. The number of ether oxygens (including phenoxy) is 3. The maximum atomic E-state index is 13.2. The van der Waals surface area contributed by atoms with Crippen molar-refractivity contribution in [3.05, 3.63) is 11.6 Å². The first kappa shape index (κ1) is 31.9. The molecule has 2 aliphatic rings. The second-order valence-corrected chi connectivity index (χ2v) is 11.9. The van der Waals surface area contributed by atoms with E-state index in [4.69, 9.17) is 14.2 Å². The van der Waals surface area contributed by atoms with Crippen LogP contribution in [0.5, 0.6) is 0 Å². The van der Waals surface area contributed by atoms with E-state index in [1.54, 1.807) is 27.7 Å². The highest BCUT2D eigenvalue weighted by Crippen LogP contribution is 2.34. The van der Waals surface area contributed by atoms with Crippen molar-refractivity contribution in [3.63, 3.8) is 0 Å². The molecule has 0 aromatic rings. The molecule has 0 spiro atoms. The van der Waals surface area contributed by atoms with Crippen LogP contribution in [0.15, 0.2) is 11.6 Å². The van der Waals surface area contributed by atoms with E-state index in [1.165, 1.54) is 13.0 Å². The van der Waals surface area contributed by atoms with Gasteiger partial charge in [-0.1, -0.05) is 20.8 Å². The summed E-state index contributed by atoms with van der Waals surface area (Å²) in [5.41, 5.74) is -1.17. The lowest BCUT2D eigenvalue weighted by Crippen LogP contribution is -2.56. The van der Waals surface area contributed by atoms with Crippen molar-refractivity contribution in [2.24, 2.45) is 23.7 Å². The lowest BCUT2D eigenvalue weighted by atomic mass is 9.79. The Labute approximate surface area is 222 Å². The first-order valence-corrected chi connectivity index (χ1v) is 13.5. The van der Waals surface area contributed by atoms with Gasteiger partial charge >= 0.3 is 5.97 Å². The van der Waals surface area contributed by atoms with Gasteiger partial charge in [0.15, 0.2) is 12.1 Å². The third-order valence-electron chi connectivity index (χ3n) is 8.26. The summed E-state index contributed by atoms with van der Waals surface area (Å²) in [7, 11) is 3.79. The standard InChI is InChI=1S/C28H49NO8/c1-14-11-15(2)25(37-27-24(32)21(29(9)10)12-17(4)35-27)18(5)23(31)19(6)26(33)36-20(7)28(8,34)13-16(3)22(14)30/h13-15,17-21,23-25,27,31-32,34H,11-12H2,1-10H3/b16-13+/t14-,15+,17-,18+,19-,20-,21+,23+,24-,25+,27?,28+/m1/s1. The largest absolute Gasteiger partial charge is 0.459 e. The number of carbonyl (C=O) groups excluding carboxylic acids is 2. The predicted molar refractivity (Wildman–Crippen MR) is 140 cm³/mol. The fraction of sp³-hybridized carbons (Fsp3) is 0.857. The average Bonchev–Trinajstić information content (AvgIpc) is 2.80. The van der Waals surface area contributed by atoms with Crippen LogP contribution >= 0.6 is 0 Å². The lowest BCUT2D eigenvalue weighted by molar-refractivity contribution is -0.283. The van der Waals surface area contributed by atoms with E-state index in [0.717, 1.165) is 0 Å². The minimum absolute atomic E-state index is 0.127. The normalized spacial score (nSPS) is 46.6. The zero-order chi connectivity index (χ0) is 28.4. The summed E-state index contributed by atoms with van der Waals surface area (Å²) in [5.74, 6) is -2.85. The van der Waals surface area contributed by atoms with Crippen LogP contribution in [-0.2, 0) is 23.8 Å². The summed E-state index contributed by atoms with van der Waals surface area (Å²) >= 11 is 0. The molecule has 0 aromatic carbocycles. The smallest absolute Gasteiger partial charge is 0.311 e. The summed E-state index contributed by atoms with van der Waals surface area (Å²) in [6.07, 6.45) is -2.16. The number of allylic oxidation sites excluding steroid dienone is 1. The van der Waals surface area contributed by atoms with Gasteiger partial charge in [0.05, 0.1) is 24.2 Å². The number of hydrogen-bond acceptors (Lipinski definition) is 9. The molecule has 1 fully saturated rings. The van der Waals surface area contributed by atoms with Crippen LogP contribution < -0.4 is 0 Å². The van der Waals surface area contributed by atoms with Crippen molar-refractivity contribution in [1.29, 1.82) is 0 Å². The van der Waals surface area contributed by atoms with Crippen LogP contribution in [0.4, 0.5) is 0 Å². The Morgan fingerprint density at radius 1 is 1.03 bits per heavy atom. The van der Waals surface area contributed by atoms with Crippen molar-refractivity contribution in [1.82, 2.24) is 4.90 Å². The minimum atomic E-state index is -1.55. The van der Waals surface area contributed by atoms with Gasteiger partial charge in [-0.2, -0.15) is 0 Å². The number of ketones is 1. The van der Waals surface area contributed by atoms with E-state index in [-0.39, 0.29) is 29.8 Å². The van der Waals surface area contributed by atoms with Gasteiger partial charge in [0.2, 0.25) is 0 Å². The first-order valence-electron chi connectivity index (χ1n) is 13.5. The highest BCUT2D eigenvalue weighted by atomic mass is 16.7. The van der Waals surface area contributed by atoms with E-state index in [1.807, 2.05) is 39.8 Å². The molecular formula is C28H49NO8. The SMILES string of the molecule is C/C1=C\[C@](C)(O)[C@@H](C)OC(=O)[C@H](C)[C@@H](O)[C@H](C)[C@@H](OC2O[C@H](C)C[C@H](N(C)C)[C@H]2O)[C@@H](C)C[C@@H](C)C1=O. The molecule has 2 rings (SSSR count). The molecule has 1 saturated heterocycles. The van der Waals surface area contributed by atoms with Gasteiger partial charge in [-0.25, -0.2) is 0 Å². The molecule has 0 aromatic heterocycles. The quantitative estimate of drug-likeness (QED) is 0.474. The maximum Gasteiger partial charge on any atom is 0.311 e. The number of likely N-dealkylation sites (N-methyl/N-ethyl adjacent to an activating group) is 1. The zero-order valence-electron chi connectivity index (χ0n) is 24.2. The summed E-state index contributed by atoms with van der Waals surface area (Å²) in [4.78, 5) is 28.1. The number of nitrogens with zero attached hydrogens (tertiary/aromatic N) is 1. The van der Waals surface area contributed by atoms with Gasteiger partial charge in [-0.3, -0.25) is 9.59 Å². The van der Waals surface area contributed by atoms with Crippen molar-refractivity contribution in [2.75, 3.05) is 14.1 Å². The van der Waals surface area contributed by atoms with Crippen molar-refractivity contribution in [3.8, 4) is 0 Å². The van der Waals surface area contributed by atoms with Gasteiger partial charge in [0.25, 0.3) is 0 Å². The number of aliphatic hydroxyl groups is 3. The fourth-order valence-corrected chi connectivity index (χ4v) is 5.59. The van der Waals surface area contributed by atoms with Gasteiger partial charge < -0.3 is 34.4 Å². The highest BCUT2D eigenvalue weighted by Gasteiger charge is 2.44. The fourth-order valence-electron chi connectivity index (χ4n) is 5.59. The molecule has 0 bridgehead atoms. The van der Waals surface area contributed by atoms with Gasteiger partial charge in [0.1, 0.15) is 17.8 Å². The Morgan fingerprint density at radius 2 is 1.62 bits per heavy atom. The molecular weight excluding hydrogens is 478 g/mol. The molecule has 2 aliphatic heterocycles. The Balaban J connectivity index is 2.45. The number of aliphatic hydroxyl groups excluding tert-OH is 2. The second kappa shape index (κ2) is 12.7. The predicted octanol–water partition coefficient (Wildman–Crippen LogP) is 2.30. The molecule has 214 valence electrons. The number of carbonyl (C=O) groups is 2. The number of rotatable bonds is 3. The Kier molecular flexibility index (Phi) is 10.9. The topological polar surface area (TPSA) is 126 Å². The van der Waals surface area contributed by atoms with E-state index >= 15 is 0 Å². The number of Topliss-reactive ketones (excluding diaryl/α,β-unsaturated/α-hetero) is 1. The van der Waals surface area contributed by atoms with Crippen LogP contribution in [0, 0.1) is 23.7 Å². The van der Waals surface area contributed by atoms with Crippen molar-refractivity contribution in [2.45, 2.75) is 117 Å². The molecule has 12 atom stereocenters. The van der Waals surface area contributed by atoms with Crippen molar-refractivity contribution >= 4 is 11.8 Å². The Hall–Kier alpha value is -1.36. The summed E-state index contributed by atoms with van der Waals surface area (Å²) in [6, 6.07) is -0.167. The van der Waals surface area contributed by atoms with E-state index in [0.29, 0.717) is 18.4 Å². The molecule has 0 radical (unpaired) electrons. The van der Waals surface area contributed by atoms with Gasteiger partial charge in [-0.15, -0.1) is 0 Å². The number of esters is 1. The monoisotopic (exact) mass is 527 g/mol. The molecule has 0 aliphatic carbocycles. The third-order valence-corrected chi connectivity index (χ3v) is 8.26. The molecule has 1 unspecified atom stereocenters. The molecule has 0 saturated carbocycles. The van der Waals surface area contributed by atoms with E-state index in [9.17, 15) is 24.9 Å². The van der Waals surface area contributed by atoms with Crippen LogP contribution in [-0.4, -0.2) is 94.5 Å². The lowest BCUT2D eigenvalue weighted by Gasteiger charge is -2.44. The van der Waals surface area contributed by atoms with Crippen LogP contribution in [0.1, 0.15) is 68.2 Å². The molecule has 0 amide bonds. The van der Waals surface area contributed by atoms with Gasteiger partial charge in [-0.05, 0) is 79.1 Å². The van der Waals surface area contributed by atoms with Crippen LogP contribution in [0.3, 0.4) is 0 Å². The zero-order valence-corrected chi connectivity index (χ0v) is 24.2. The summed E-state index contributed by atoms with van der Waals surface area (Å²) in [6.45, 7) is 13.8. The van der Waals surface area contributed by atoms with E-state index < -0.39 is 54.1 Å².